The fraction of sp³-hybridized carbons (Fsp3) is 0.0882. The second-order valence-corrected chi connectivity index (χ2v) is 8.73. The van der Waals surface area contributed by atoms with E-state index in [0.717, 1.165) is 39.6 Å². The van der Waals surface area contributed by atoms with Gasteiger partial charge in [0.2, 0.25) is 0 Å². The number of hydrogen-bond donors (Lipinski definition) is 0. The maximum Gasteiger partial charge on any atom is 0.113 e. The molecule has 0 saturated carbocycles. The summed E-state index contributed by atoms with van der Waals surface area (Å²) in [6.07, 6.45) is 1.82. The van der Waals surface area contributed by atoms with Crippen LogP contribution in [0.1, 0.15) is 39.6 Å². The van der Waals surface area contributed by atoms with Gasteiger partial charge in [0, 0.05) is 37.0 Å². The lowest BCUT2D eigenvalue weighted by molar-refractivity contribution is 0.238. The van der Waals surface area contributed by atoms with Gasteiger partial charge in [0.25, 0.3) is 0 Å². The molecule has 3 heterocycles. The molecule has 4 heteroatoms. The lowest BCUT2D eigenvalue weighted by Crippen LogP contribution is -2.24. The molecular weight excluding hydrogens is 464 g/mol. The molecule has 0 radical (unpaired) electrons. The molecule has 0 aliphatic heterocycles. The molecular formula is C34H26N4. The van der Waals surface area contributed by atoms with Gasteiger partial charge in [0.05, 0.1) is 17.1 Å². The first-order valence-electron chi connectivity index (χ1n) is 12.5. The second kappa shape index (κ2) is 12.8. The first kappa shape index (κ1) is 24.7. The van der Waals surface area contributed by atoms with E-state index < -0.39 is 0 Å². The quantitative estimate of drug-likeness (QED) is 0.279. The van der Waals surface area contributed by atoms with Crippen molar-refractivity contribution in [2.75, 3.05) is 0 Å². The molecule has 2 aromatic carbocycles. The van der Waals surface area contributed by atoms with Gasteiger partial charge in [-0.15, -0.1) is 0 Å². The van der Waals surface area contributed by atoms with Crippen LogP contribution in [0.4, 0.5) is 0 Å². The Morgan fingerprint density at radius 1 is 0.447 bits per heavy atom. The summed E-state index contributed by atoms with van der Waals surface area (Å²) >= 11 is 0. The van der Waals surface area contributed by atoms with Crippen LogP contribution in [-0.2, 0) is 19.6 Å². The predicted octanol–water partition coefficient (Wildman–Crippen LogP) is 5.87. The Morgan fingerprint density at radius 2 is 0.921 bits per heavy atom. The molecule has 0 amide bonds. The van der Waals surface area contributed by atoms with Crippen molar-refractivity contribution in [3.63, 3.8) is 0 Å². The molecule has 0 saturated heterocycles. The van der Waals surface area contributed by atoms with Crippen LogP contribution in [0.25, 0.3) is 0 Å². The maximum atomic E-state index is 4.81. The van der Waals surface area contributed by atoms with Gasteiger partial charge in [-0.2, -0.15) is 0 Å². The highest BCUT2D eigenvalue weighted by molar-refractivity contribution is 5.41. The van der Waals surface area contributed by atoms with Crippen LogP contribution in [0.2, 0.25) is 0 Å². The molecule has 5 aromatic rings. The Balaban J connectivity index is 1.35. The molecule has 0 N–H and O–H groups in total. The van der Waals surface area contributed by atoms with Gasteiger partial charge >= 0.3 is 0 Å². The molecule has 0 atom stereocenters. The van der Waals surface area contributed by atoms with E-state index in [-0.39, 0.29) is 0 Å². The Bertz CT molecular complexity index is 1490. The zero-order valence-electron chi connectivity index (χ0n) is 21.0. The monoisotopic (exact) mass is 490 g/mol. The number of rotatable bonds is 6. The molecule has 182 valence electrons. The summed E-state index contributed by atoms with van der Waals surface area (Å²) < 4.78 is 0. The molecule has 5 rings (SSSR count). The van der Waals surface area contributed by atoms with E-state index in [1.54, 1.807) is 0 Å². The van der Waals surface area contributed by atoms with Crippen molar-refractivity contribution in [1.82, 2.24) is 19.9 Å². The third kappa shape index (κ3) is 7.48. The van der Waals surface area contributed by atoms with Crippen LogP contribution in [0.15, 0.2) is 121 Å². The number of hydrogen-bond acceptors (Lipinski definition) is 4. The smallest absolute Gasteiger partial charge is 0.113 e. The van der Waals surface area contributed by atoms with E-state index in [4.69, 9.17) is 9.97 Å². The van der Waals surface area contributed by atoms with Gasteiger partial charge in [-0.25, -0.2) is 9.97 Å². The van der Waals surface area contributed by atoms with E-state index in [2.05, 4.69) is 33.6 Å². The summed E-state index contributed by atoms with van der Waals surface area (Å²) in [7, 11) is 0. The minimum Gasteiger partial charge on any atom is -0.286 e. The number of benzene rings is 2. The summed E-state index contributed by atoms with van der Waals surface area (Å²) in [5, 5.41) is 0. The van der Waals surface area contributed by atoms with Crippen molar-refractivity contribution in [2.45, 2.75) is 19.6 Å². The number of pyridine rings is 3. The number of nitrogens with zero attached hydrogens (tertiary/aromatic N) is 4. The molecule has 0 aliphatic carbocycles. The van der Waals surface area contributed by atoms with E-state index in [9.17, 15) is 0 Å². The van der Waals surface area contributed by atoms with Crippen molar-refractivity contribution >= 4 is 0 Å². The molecule has 38 heavy (non-hydrogen) atoms. The average Bonchev–Trinajstić information content (AvgIpc) is 2.97. The van der Waals surface area contributed by atoms with Gasteiger partial charge < -0.3 is 0 Å². The van der Waals surface area contributed by atoms with E-state index in [0.29, 0.717) is 19.6 Å². The highest BCUT2D eigenvalue weighted by Crippen LogP contribution is 2.12. The van der Waals surface area contributed by atoms with E-state index in [1.165, 1.54) is 0 Å². The number of aromatic nitrogens is 3. The first-order valence-corrected chi connectivity index (χ1v) is 12.5. The van der Waals surface area contributed by atoms with Crippen LogP contribution in [-0.4, -0.2) is 19.9 Å². The standard InChI is InChI=1S/C34H26N4/c1-3-11-28(12-4-1)20-22-30-16-9-18-33(36-30)26-38(25-32-15-7-8-24-35-32)27-34-19-10-17-31(37-34)23-21-29-13-5-2-6-14-29/h1-19,24H,25-27H2. The summed E-state index contributed by atoms with van der Waals surface area (Å²) in [6, 6.07) is 37.9. The zero-order chi connectivity index (χ0) is 25.8. The topological polar surface area (TPSA) is 41.9 Å². The molecule has 4 nitrogen and oxygen atoms in total. The minimum absolute atomic E-state index is 0.638. The van der Waals surface area contributed by atoms with Gasteiger partial charge in [-0.1, -0.05) is 66.4 Å². The molecule has 0 unspecified atom stereocenters. The first-order chi connectivity index (χ1) is 18.8. The molecule has 3 aromatic heterocycles. The zero-order valence-corrected chi connectivity index (χ0v) is 21.0. The second-order valence-electron chi connectivity index (χ2n) is 8.73. The largest absolute Gasteiger partial charge is 0.286 e. The third-order valence-corrected chi connectivity index (χ3v) is 5.71. The molecule has 0 aliphatic rings. The summed E-state index contributed by atoms with van der Waals surface area (Å²) in [4.78, 5) is 16.4. The van der Waals surface area contributed by atoms with Crippen LogP contribution in [0, 0.1) is 23.7 Å². The van der Waals surface area contributed by atoms with Crippen LogP contribution in [0.3, 0.4) is 0 Å². The van der Waals surface area contributed by atoms with Gasteiger partial charge in [-0.05, 0) is 72.5 Å². The fourth-order valence-electron chi connectivity index (χ4n) is 3.94. The highest BCUT2D eigenvalue weighted by Gasteiger charge is 2.11. The van der Waals surface area contributed by atoms with Crippen molar-refractivity contribution in [2.24, 2.45) is 0 Å². The maximum absolute atomic E-state index is 4.81. The van der Waals surface area contributed by atoms with Crippen LogP contribution >= 0.6 is 0 Å². The average molecular weight is 491 g/mol. The lowest BCUT2D eigenvalue weighted by atomic mass is 10.2. The van der Waals surface area contributed by atoms with Crippen molar-refractivity contribution in [3.05, 3.63) is 161 Å². The van der Waals surface area contributed by atoms with Crippen LogP contribution < -0.4 is 0 Å². The van der Waals surface area contributed by atoms with Gasteiger partial charge in [0.1, 0.15) is 11.4 Å². The Morgan fingerprint density at radius 3 is 1.42 bits per heavy atom. The van der Waals surface area contributed by atoms with Crippen molar-refractivity contribution in [3.8, 4) is 23.7 Å². The lowest BCUT2D eigenvalue weighted by Gasteiger charge is -2.21. The Kier molecular flexibility index (Phi) is 8.30. The predicted molar refractivity (Wildman–Crippen MR) is 151 cm³/mol. The molecule has 0 fully saturated rings. The SMILES string of the molecule is C(#Cc1cccc(CN(Cc2ccccn2)Cc2cccc(C#Cc3ccccc3)n2)n1)c1ccccc1. The molecule has 0 bridgehead atoms. The Labute approximate surface area is 224 Å². The van der Waals surface area contributed by atoms with E-state index >= 15 is 0 Å². The van der Waals surface area contributed by atoms with Crippen molar-refractivity contribution < 1.29 is 0 Å². The Hall–Kier alpha value is -5.03. The minimum atomic E-state index is 0.638. The van der Waals surface area contributed by atoms with Crippen molar-refractivity contribution in [1.29, 1.82) is 0 Å². The summed E-state index contributed by atoms with van der Waals surface area (Å²) in [5.41, 5.74) is 6.32. The molecule has 0 spiro atoms. The van der Waals surface area contributed by atoms with E-state index in [1.807, 2.05) is 121 Å². The van der Waals surface area contributed by atoms with Gasteiger partial charge in [0.15, 0.2) is 0 Å². The van der Waals surface area contributed by atoms with Gasteiger partial charge in [-0.3, -0.25) is 9.88 Å². The van der Waals surface area contributed by atoms with Crippen LogP contribution in [0.5, 0.6) is 0 Å². The highest BCUT2D eigenvalue weighted by atomic mass is 15.1. The third-order valence-electron chi connectivity index (χ3n) is 5.71. The summed E-state index contributed by atoms with van der Waals surface area (Å²) in [6.45, 7) is 1.95. The fourth-order valence-corrected chi connectivity index (χ4v) is 3.94. The normalized spacial score (nSPS) is 10.2. The summed E-state index contributed by atoms with van der Waals surface area (Å²) in [5.74, 6) is 12.8.